The van der Waals surface area contributed by atoms with Crippen molar-refractivity contribution >= 4 is 18.1 Å². The summed E-state index contributed by atoms with van der Waals surface area (Å²) in [6, 6.07) is 18.1. The van der Waals surface area contributed by atoms with Crippen molar-refractivity contribution in [1.82, 2.24) is 9.46 Å². The number of benzene rings is 3. The number of fused-ring (bicyclic) bond motifs is 3. The zero-order chi connectivity index (χ0) is 25.0. The molecule has 3 aromatic carbocycles. The molecule has 0 bridgehead atoms. The van der Waals surface area contributed by atoms with E-state index in [4.69, 9.17) is 4.98 Å². The summed E-state index contributed by atoms with van der Waals surface area (Å²) in [5.74, 6) is 1.93. The molecule has 1 aliphatic rings. The Labute approximate surface area is 211 Å². The number of aromatic nitrogens is 2. The summed E-state index contributed by atoms with van der Waals surface area (Å²) in [6.45, 7) is 15.9. The van der Waals surface area contributed by atoms with Crippen molar-refractivity contribution in [2.24, 2.45) is 0 Å². The highest BCUT2D eigenvalue weighted by Crippen LogP contribution is 2.42. The van der Waals surface area contributed by atoms with E-state index in [9.17, 15) is 0 Å². The molecule has 0 fully saturated rings. The maximum atomic E-state index is 4.89. The van der Waals surface area contributed by atoms with Gasteiger partial charge < -0.3 is 9.29 Å². The van der Waals surface area contributed by atoms with Gasteiger partial charge in [0.05, 0.1) is 0 Å². The van der Waals surface area contributed by atoms with Crippen LogP contribution >= 0.6 is 0 Å². The van der Waals surface area contributed by atoms with E-state index in [1.54, 1.807) is 0 Å². The molecule has 0 N–H and O–H groups in total. The molecule has 2 heterocycles. The van der Waals surface area contributed by atoms with Gasteiger partial charge in [0, 0.05) is 23.6 Å². The lowest BCUT2D eigenvalue weighted by Gasteiger charge is -2.38. The van der Waals surface area contributed by atoms with Gasteiger partial charge in [0.15, 0.2) is 0 Å². The molecule has 0 saturated heterocycles. The minimum Gasteiger partial charge on any atom is -0.394 e. The Kier molecular flexibility index (Phi) is 5.87. The molecule has 1 aromatic heterocycles. The molecule has 3 nitrogen and oxygen atoms in total. The molecule has 0 aliphatic carbocycles. The van der Waals surface area contributed by atoms with Crippen LogP contribution in [0.2, 0.25) is 0 Å². The SMILES string of the molecule is Cc1cccc(C)c1-c1cc(C)c2c(c1)N(C)B(c1c(C(C)C)cccc1C(C)C)n1ccnc1-2. The van der Waals surface area contributed by atoms with Crippen molar-refractivity contribution < 1.29 is 0 Å². The van der Waals surface area contributed by atoms with Gasteiger partial charge in [-0.1, -0.05) is 70.2 Å². The first kappa shape index (κ1) is 23.5. The highest BCUT2D eigenvalue weighted by atomic mass is 15.2. The smallest absolute Gasteiger partial charge is 0.394 e. The quantitative estimate of drug-likeness (QED) is 0.303. The molecule has 0 atom stereocenters. The number of aryl methyl sites for hydroxylation is 3. The van der Waals surface area contributed by atoms with E-state index in [-0.39, 0.29) is 6.98 Å². The highest BCUT2D eigenvalue weighted by Gasteiger charge is 2.39. The lowest BCUT2D eigenvalue weighted by Crippen LogP contribution is -2.56. The van der Waals surface area contributed by atoms with Crippen molar-refractivity contribution in [3.8, 4) is 22.5 Å². The van der Waals surface area contributed by atoms with Crippen LogP contribution in [0.25, 0.3) is 22.5 Å². The fraction of sp³-hybridized carbons (Fsp3) is 0.323. The summed E-state index contributed by atoms with van der Waals surface area (Å²) >= 11 is 0. The Morgan fingerprint density at radius 1 is 0.771 bits per heavy atom. The van der Waals surface area contributed by atoms with Gasteiger partial charge in [0.2, 0.25) is 0 Å². The van der Waals surface area contributed by atoms with Gasteiger partial charge in [-0.15, -0.1) is 0 Å². The summed E-state index contributed by atoms with van der Waals surface area (Å²) in [4.78, 5) is 7.37. The van der Waals surface area contributed by atoms with Crippen LogP contribution in [0, 0.1) is 20.8 Å². The lowest BCUT2D eigenvalue weighted by atomic mass is 9.58. The molecule has 5 rings (SSSR count). The van der Waals surface area contributed by atoms with Crippen molar-refractivity contribution in [1.29, 1.82) is 0 Å². The van der Waals surface area contributed by atoms with Crippen LogP contribution in [0.1, 0.15) is 67.3 Å². The van der Waals surface area contributed by atoms with Gasteiger partial charge >= 0.3 is 6.98 Å². The predicted molar refractivity (Wildman–Crippen MR) is 151 cm³/mol. The van der Waals surface area contributed by atoms with E-state index >= 15 is 0 Å². The monoisotopic (exact) mass is 461 g/mol. The first-order valence-electron chi connectivity index (χ1n) is 12.8. The third kappa shape index (κ3) is 3.71. The van der Waals surface area contributed by atoms with Gasteiger partial charge in [-0.25, -0.2) is 4.98 Å². The molecule has 4 aromatic rings. The number of anilines is 1. The Balaban J connectivity index is 1.79. The van der Waals surface area contributed by atoms with Crippen molar-refractivity contribution in [2.75, 3.05) is 11.9 Å². The minimum atomic E-state index is 0.0589. The molecule has 0 spiro atoms. The van der Waals surface area contributed by atoms with Gasteiger partial charge in [-0.05, 0) is 90.1 Å². The third-order valence-corrected chi connectivity index (χ3v) is 7.66. The summed E-state index contributed by atoms with van der Waals surface area (Å²) in [6.07, 6.45) is 4.11. The fourth-order valence-electron chi connectivity index (χ4n) is 6.01. The second-order valence-electron chi connectivity index (χ2n) is 10.8. The van der Waals surface area contributed by atoms with Gasteiger partial charge in [-0.2, -0.15) is 0 Å². The molecule has 35 heavy (non-hydrogen) atoms. The Hall–Kier alpha value is -3.27. The van der Waals surface area contributed by atoms with E-state index < -0.39 is 0 Å². The van der Waals surface area contributed by atoms with Crippen LogP contribution in [-0.2, 0) is 0 Å². The second-order valence-corrected chi connectivity index (χ2v) is 10.8. The van der Waals surface area contributed by atoms with E-state index in [2.05, 4.69) is 120 Å². The fourth-order valence-corrected chi connectivity index (χ4v) is 6.01. The van der Waals surface area contributed by atoms with Crippen molar-refractivity contribution in [3.63, 3.8) is 0 Å². The lowest BCUT2D eigenvalue weighted by molar-refractivity contribution is 0.842. The molecular formula is C31H36BN3. The number of nitrogens with zero attached hydrogens (tertiary/aromatic N) is 3. The summed E-state index contributed by atoms with van der Waals surface area (Å²) in [7, 11) is 2.25. The first-order valence-corrected chi connectivity index (χ1v) is 12.8. The zero-order valence-corrected chi connectivity index (χ0v) is 22.3. The average molecular weight is 461 g/mol. The molecule has 0 saturated carbocycles. The number of imidazole rings is 1. The molecule has 0 amide bonds. The molecule has 1 aliphatic heterocycles. The van der Waals surface area contributed by atoms with E-state index in [1.165, 1.54) is 55.7 Å². The van der Waals surface area contributed by atoms with Crippen molar-refractivity contribution in [3.05, 3.63) is 88.7 Å². The summed E-state index contributed by atoms with van der Waals surface area (Å²) in [5.41, 5.74) is 13.2. The van der Waals surface area contributed by atoms with Crippen molar-refractivity contribution in [2.45, 2.75) is 60.3 Å². The molecule has 4 heteroatoms. The standard InChI is InChI=1S/C31H36BN3/c1-19(2)25-13-10-14-26(20(3)4)30(25)32-34(8)27-18-24(28-21(5)11-9-12-22(28)6)17-23(7)29(27)31-33-15-16-35(31)32/h9-20H,1-8H3. The van der Waals surface area contributed by atoms with Crippen LogP contribution in [0.15, 0.2) is 60.9 Å². The van der Waals surface area contributed by atoms with Crippen LogP contribution in [-0.4, -0.2) is 23.5 Å². The normalized spacial score (nSPS) is 13.0. The van der Waals surface area contributed by atoms with Crippen LogP contribution in [0.5, 0.6) is 0 Å². The molecule has 178 valence electrons. The highest BCUT2D eigenvalue weighted by molar-refractivity contribution is 6.77. The number of hydrogen-bond acceptors (Lipinski definition) is 2. The maximum Gasteiger partial charge on any atom is 0.417 e. The van der Waals surface area contributed by atoms with Gasteiger partial charge in [-0.3, -0.25) is 0 Å². The number of hydrogen-bond donors (Lipinski definition) is 0. The van der Waals surface area contributed by atoms with E-state index in [1.807, 2.05) is 6.20 Å². The minimum absolute atomic E-state index is 0.0589. The maximum absolute atomic E-state index is 4.89. The Bertz CT molecular complexity index is 1370. The average Bonchev–Trinajstić information content (AvgIpc) is 3.28. The molecule has 0 unspecified atom stereocenters. The Morgan fingerprint density at radius 2 is 1.37 bits per heavy atom. The zero-order valence-electron chi connectivity index (χ0n) is 22.3. The predicted octanol–water partition coefficient (Wildman–Crippen LogP) is 7.08. The Morgan fingerprint density at radius 3 is 1.97 bits per heavy atom. The second kappa shape index (κ2) is 8.75. The van der Waals surface area contributed by atoms with Gasteiger partial charge in [0.1, 0.15) is 5.82 Å². The largest absolute Gasteiger partial charge is 0.417 e. The van der Waals surface area contributed by atoms with Crippen LogP contribution in [0.3, 0.4) is 0 Å². The first-order chi connectivity index (χ1) is 16.7. The third-order valence-electron chi connectivity index (χ3n) is 7.66. The molecular weight excluding hydrogens is 425 g/mol. The van der Waals surface area contributed by atoms with Crippen LogP contribution in [0.4, 0.5) is 5.69 Å². The molecule has 0 radical (unpaired) electrons. The summed E-state index contributed by atoms with van der Waals surface area (Å²) in [5, 5.41) is 0. The van der Waals surface area contributed by atoms with E-state index in [0.29, 0.717) is 11.8 Å². The van der Waals surface area contributed by atoms with Crippen LogP contribution < -0.4 is 10.3 Å². The topological polar surface area (TPSA) is 21.1 Å². The van der Waals surface area contributed by atoms with Gasteiger partial charge in [0.25, 0.3) is 0 Å². The van der Waals surface area contributed by atoms with E-state index in [0.717, 1.165) is 5.82 Å². The number of rotatable bonds is 4. The summed E-state index contributed by atoms with van der Waals surface area (Å²) < 4.78 is 2.38.